The molecular weight excluding hydrogens is 324 g/mol. The molecule has 0 unspecified atom stereocenters. The summed E-state index contributed by atoms with van der Waals surface area (Å²) in [6, 6.07) is 18.7. The summed E-state index contributed by atoms with van der Waals surface area (Å²) in [7, 11) is 0. The van der Waals surface area contributed by atoms with E-state index < -0.39 is 0 Å². The van der Waals surface area contributed by atoms with Crippen molar-refractivity contribution in [3.63, 3.8) is 0 Å². The van der Waals surface area contributed by atoms with Gasteiger partial charge in [-0.1, -0.05) is 101 Å². The molecule has 2 aromatic rings. The second-order valence-corrected chi connectivity index (χ2v) is 9.47. The number of hydrogen-bond acceptors (Lipinski definition) is 0. The molecule has 0 bridgehead atoms. The lowest BCUT2D eigenvalue weighted by Crippen LogP contribution is -2.25. The van der Waals surface area contributed by atoms with Gasteiger partial charge in [0, 0.05) is 5.41 Å². The molecular formula is C27H36. The molecule has 144 valence electrons. The fourth-order valence-electron chi connectivity index (χ4n) is 5.82. The summed E-state index contributed by atoms with van der Waals surface area (Å²) in [5.41, 5.74) is 6.46. The van der Waals surface area contributed by atoms with Crippen LogP contribution in [0.1, 0.15) is 112 Å². The lowest BCUT2D eigenvalue weighted by Gasteiger charge is -2.36. The first-order chi connectivity index (χ1) is 13.2. The van der Waals surface area contributed by atoms with Crippen LogP contribution in [0.25, 0.3) is 0 Å². The molecule has 0 amide bonds. The van der Waals surface area contributed by atoms with E-state index in [1.54, 1.807) is 22.3 Å². The second-order valence-electron chi connectivity index (χ2n) is 9.47. The van der Waals surface area contributed by atoms with E-state index in [9.17, 15) is 0 Å². The van der Waals surface area contributed by atoms with Gasteiger partial charge in [0.05, 0.1) is 0 Å². The van der Waals surface area contributed by atoms with Gasteiger partial charge in [0.2, 0.25) is 0 Å². The molecule has 2 aliphatic carbocycles. The average Bonchev–Trinajstić information content (AvgIpc) is 2.75. The van der Waals surface area contributed by atoms with Gasteiger partial charge in [0.25, 0.3) is 0 Å². The van der Waals surface area contributed by atoms with E-state index in [1.165, 1.54) is 64.2 Å². The van der Waals surface area contributed by atoms with Crippen LogP contribution < -0.4 is 0 Å². The normalized spacial score (nSPS) is 19.9. The zero-order chi connectivity index (χ0) is 18.7. The molecule has 0 spiro atoms. The Kier molecular flexibility index (Phi) is 5.71. The average molecular weight is 361 g/mol. The minimum absolute atomic E-state index is 0.0715. The van der Waals surface area contributed by atoms with Gasteiger partial charge in [-0.25, -0.2) is 0 Å². The molecule has 4 rings (SSSR count). The maximum atomic E-state index is 2.47. The predicted molar refractivity (Wildman–Crippen MR) is 117 cm³/mol. The minimum atomic E-state index is 0.0715. The molecule has 2 fully saturated rings. The lowest BCUT2D eigenvalue weighted by atomic mass is 9.68. The van der Waals surface area contributed by atoms with Crippen molar-refractivity contribution in [1.82, 2.24) is 0 Å². The molecule has 0 heteroatoms. The lowest BCUT2D eigenvalue weighted by molar-refractivity contribution is 0.430. The third-order valence-corrected chi connectivity index (χ3v) is 7.36. The van der Waals surface area contributed by atoms with Gasteiger partial charge in [-0.05, 0) is 59.8 Å². The Morgan fingerprint density at radius 3 is 1.33 bits per heavy atom. The first-order valence-electron chi connectivity index (χ1n) is 11.4. The molecule has 0 heterocycles. The smallest absolute Gasteiger partial charge is 0.0152 e. The van der Waals surface area contributed by atoms with Crippen molar-refractivity contribution in [2.24, 2.45) is 0 Å². The number of hydrogen-bond donors (Lipinski definition) is 0. The molecule has 0 saturated heterocycles. The van der Waals surface area contributed by atoms with Crippen molar-refractivity contribution in [3.8, 4) is 0 Å². The van der Waals surface area contributed by atoms with Crippen LogP contribution >= 0.6 is 0 Å². The van der Waals surface area contributed by atoms with Crippen molar-refractivity contribution in [2.75, 3.05) is 0 Å². The topological polar surface area (TPSA) is 0 Å². The van der Waals surface area contributed by atoms with E-state index in [0.29, 0.717) is 0 Å². The third-order valence-electron chi connectivity index (χ3n) is 7.36. The molecule has 0 radical (unpaired) electrons. The zero-order valence-electron chi connectivity index (χ0n) is 17.3. The molecule has 0 N–H and O–H groups in total. The van der Waals surface area contributed by atoms with Crippen molar-refractivity contribution in [2.45, 2.75) is 95.3 Å². The van der Waals surface area contributed by atoms with Crippen LogP contribution in [0.3, 0.4) is 0 Å². The monoisotopic (exact) mass is 360 g/mol. The predicted octanol–water partition coefficient (Wildman–Crippen LogP) is 8.11. The Balaban J connectivity index is 1.74. The summed E-state index contributed by atoms with van der Waals surface area (Å²) in [6.07, 6.45) is 13.9. The van der Waals surface area contributed by atoms with Gasteiger partial charge in [0.15, 0.2) is 0 Å². The van der Waals surface area contributed by atoms with Crippen LogP contribution in [0.15, 0.2) is 48.5 Å². The Hall–Kier alpha value is -1.56. The highest BCUT2D eigenvalue weighted by Crippen LogP contribution is 2.44. The summed E-state index contributed by atoms with van der Waals surface area (Å²) >= 11 is 0. The summed E-state index contributed by atoms with van der Waals surface area (Å²) in [5, 5.41) is 0. The van der Waals surface area contributed by atoms with Crippen molar-refractivity contribution < 1.29 is 0 Å². The number of rotatable bonds is 4. The first kappa shape index (κ1) is 18.8. The van der Waals surface area contributed by atoms with Crippen LogP contribution in [0.5, 0.6) is 0 Å². The van der Waals surface area contributed by atoms with E-state index in [2.05, 4.69) is 62.4 Å². The summed E-state index contributed by atoms with van der Waals surface area (Å²) in [6.45, 7) is 4.94. The molecule has 0 aliphatic heterocycles. The fraction of sp³-hybridized carbons (Fsp3) is 0.556. The van der Waals surface area contributed by atoms with Crippen LogP contribution in [0, 0.1) is 0 Å². The van der Waals surface area contributed by atoms with E-state index >= 15 is 0 Å². The SMILES string of the molecule is CC(C)(c1ccccc1C1CCCCC1)c1ccccc1C1CCCCC1. The van der Waals surface area contributed by atoms with Crippen LogP contribution in [0.2, 0.25) is 0 Å². The maximum Gasteiger partial charge on any atom is 0.0152 e. The standard InChI is InChI=1S/C27H36/c1-27(2,25-19-11-9-17-23(25)21-13-5-3-6-14-21)26-20-12-10-18-24(26)22-15-7-4-8-16-22/h9-12,17-22H,3-8,13-16H2,1-2H3. The highest BCUT2D eigenvalue weighted by Gasteiger charge is 2.32. The van der Waals surface area contributed by atoms with Crippen molar-refractivity contribution >= 4 is 0 Å². The molecule has 27 heavy (non-hydrogen) atoms. The van der Waals surface area contributed by atoms with Crippen LogP contribution in [-0.4, -0.2) is 0 Å². The summed E-state index contributed by atoms with van der Waals surface area (Å²) in [5.74, 6) is 1.52. The van der Waals surface area contributed by atoms with Gasteiger partial charge < -0.3 is 0 Å². The van der Waals surface area contributed by atoms with Crippen molar-refractivity contribution in [1.29, 1.82) is 0 Å². The largest absolute Gasteiger partial charge is 0.0620 e. The van der Waals surface area contributed by atoms with E-state index in [4.69, 9.17) is 0 Å². The fourth-order valence-corrected chi connectivity index (χ4v) is 5.82. The van der Waals surface area contributed by atoms with Gasteiger partial charge in [-0.3, -0.25) is 0 Å². The summed E-state index contributed by atoms with van der Waals surface area (Å²) < 4.78 is 0. The molecule has 0 atom stereocenters. The van der Waals surface area contributed by atoms with E-state index in [1.807, 2.05) is 0 Å². The first-order valence-corrected chi connectivity index (χ1v) is 11.4. The molecule has 2 aromatic carbocycles. The van der Waals surface area contributed by atoms with Crippen LogP contribution in [-0.2, 0) is 5.41 Å². The Morgan fingerprint density at radius 2 is 0.926 bits per heavy atom. The van der Waals surface area contributed by atoms with E-state index in [-0.39, 0.29) is 5.41 Å². The molecule has 2 aliphatic rings. The van der Waals surface area contributed by atoms with Gasteiger partial charge >= 0.3 is 0 Å². The van der Waals surface area contributed by atoms with Crippen molar-refractivity contribution in [3.05, 3.63) is 70.8 Å². The number of benzene rings is 2. The quantitative estimate of drug-likeness (QED) is 0.516. The second kappa shape index (κ2) is 8.21. The van der Waals surface area contributed by atoms with E-state index in [0.717, 1.165) is 11.8 Å². The van der Waals surface area contributed by atoms with Gasteiger partial charge in [-0.2, -0.15) is 0 Å². The zero-order valence-corrected chi connectivity index (χ0v) is 17.3. The Morgan fingerprint density at radius 1 is 0.556 bits per heavy atom. The third kappa shape index (κ3) is 3.86. The Labute approximate surface area is 166 Å². The van der Waals surface area contributed by atoms with Crippen LogP contribution in [0.4, 0.5) is 0 Å². The molecule has 0 nitrogen and oxygen atoms in total. The molecule has 2 saturated carbocycles. The maximum absolute atomic E-state index is 2.47. The Bertz CT molecular complexity index is 679. The van der Waals surface area contributed by atoms with Gasteiger partial charge in [0.1, 0.15) is 0 Å². The molecule has 0 aromatic heterocycles. The minimum Gasteiger partial charge on any atom is -0.0620 e. The summed E-state index contributed by atoms with van der Waals surface area (Å²) in [4.78, 5) is 0. The highest BCUT2D eigenvalue weighted by atomic mass is 14.4. The highest BCUT2D eigenvalue weighted by molar-refractivity contribution is 5.47. The van der Waals surface area contributed by atoms with Gasteiger partial charge in [-0.15, -0.1) is 0 Å².